The van der Waals surface area contributed by atoms with Gasteiger partial charge in [0.15, 0.2) is 0 Å². The normalized spacial score (nSPS) is 21.5. The fraction of sp³-hybridized carbons (Fsp3) is 0.533. The molecule has 0 aliphatic heterocycles. The number of carboxylic acids is 1. The van der Waals surface area contributed by atoms with Crippen molar-refractivity contribution in [2.24, 2.45) is 11.8 Å². The summed E-state index contributed by atoms with van der Waals surface area (Å²) in [5.74, 6) is -1.07. The van der Waals surface area contributed by atoms with Gasteiger partial charge in [-0.3, -0.25) is 9.78 Å². The first-order valence-corrected chi connectivity index (χ1v) is 7.31. The topological polar surface area (TPSA) is 91.3 Å². The number of rotatable bonds is 5. The Hall–Kier alpha value is -2.11. The van der Waals surface area contributed by atoms with E-state index in [1.54, 1.807) is 6.20 Å². The number of carbonyl (C=O) groups is 2. The maximum atomic E-state index is 11.7. The summed E-state index contributed by atoms with van der Waals surface area (Å²) in [6.07, 6.45) is 5.23. The van der Waals surface area contributed by atoms with Gasteiger partial charge in [-0.2, -0.15) is 0 Å². The number of nitrogens with one attached hydrogen (secondary N) is 2. The van der Waals surface area contributed by atoms with Crippen molar-refractivity contribution < 1.29 is 14.7 Å². The molecule has 0 radical (unpaired) electrons. The predicted octanol–water partition coefficient (Wildman–Crippen LogP) is 1.77. The molecular weight excluding hydrogens is 270 g/mol. The highest BCUT2D eigenvalue weighted by Crippen LogP contribution is 2.29. The number of nitrogens with zero attached hydrogens (tertiary/aromatic N) is 1. The van der Waals surface area contributed by atoms with Gasteiger partial charge >= 0.3 is 12.0 Å². The second kappa shape index (κ2) is 7.61. The molecule has 1 fully saturated rings. The lowest BCUT2D eigenvalue weighted by atomic mass is 9.79. The van der Waals surface area contributed by atoms with Crippen LogP contribution in [-0.2, 0) is 11.3 Å². The summed E-state index contributed by atoms with van der Waals surface area (Å²) in [6.45, 7) is 0.769. The van der Waals surface area contributed by atoms with Crippen LogP contribution in [0.1, 0.15) is 31.4 Å². The average Bonchev–Trinajstić information content (AvgIpc) is 2.52. The van der Waals surface area contributed by atoms with E-state index in [9.17, 15) is 14.7 Å². The first kappa shape index (κ1) is 15.3. The summed E-state index contributed by atoms with van der Waals surface area (Å²) < 4.78 is 0. The van der Waals surface area contributed by atoms with Crippen LogP contribution in [0.2, 0.25) is 0 Å². The Labute approximate surface area is 124 Å². The molecule has 2 amide bonds. The summed E-state index contributed by atoms with van der Waals surface area (Å²) in [5.41, 5.74) is 0.786. The van der Waals surface area contributed by atoms with Crippen LogP contribution in [0.3, 0.4) is 0 Å². The summed E-state index contributed by atoms with van der Waals surface area (Å²) in [4.78, 5) is 27.0. The highest BCUT2D eigenvalue weighted by molar-refractivity contribution is 5.74. The van der Waals surface area contributed by atoms with E-state index in [2.05, 4.69) is 15.6 Å². The van der Waals surface area contributed by atoms with Gasteiger partial charge in [0.05, 0.1) is 18.2 Å². The minimum absolute atomic E-state index is 0.0249. The number of aromatic nitrogens is 1. The fourth-order valence-electron chi connectivity index (χ4n) is 2.74. The first-order chi connectivity index (χ1) is 10.2. The molecule has 1 aliphatic rings. The van der Waals surface area contributed by atoms with Crippen molar-refractivity contribution in [3.8, 4) is 0 Å². The Morgan fingerprint density at radius 2 is 2.05 bits per heavy atom. The number of pyridine rings is 1. The fourth-order valence-corrected chi connectivity index (χ4v) is 2.74. The minimum Gasteiger partial charge on any atom is -0.481 e. The molecule has 6 nitrogen and oxygen atoms in total. The second-order valence-corrected chi connectivity index (χ2v) is 5.37. The zero-order valence-electron chi connectivity index (χ0n) is 11.9. The molecule has 2 rings (SSSR count). The zero-order chi connectivity index (χ0) is 15.1. The van der Waals surface area contributed by atoms with Crippen molar-refractivity contribution >= 4 is 12.0 Å². The molecule has 1 heterocycles. The van der Waals surface area contributed by atoms with Gasteiger partial charge in [0.25, 0.3) is 0 Å². The number of aliphatic carboxylic acids is 1. The van der Waals surface area contributed by atoms with Crippen LogP contribution in [0, 0.1) is 11.8 Å². The molecular formula is C15H21N3O3. The van der Waals surface area contributed by atoms with Crippen molar-refractivity contribution in [1.82, 2.24) is 15.6 Å². The quantitative estimate of drug-likeness (QED) is 0.771. The summed E-state index contributed by atoms with van der Waals surface area (Å²) in [6, 6.07) is 5.23. The van der Waals surface area contributed by atoms with Crippen LogP contribution in [0.25, 0.3) is 0 Å². The van der Waals surface area contributed by atoms with E-state index in [-0.39, 0.29) is 17.9 Å². The third-order valence-electron chi connectivity index (χ3n) is 3.91. The molecule has 1 aromatic rings. The van der Waals surface area contributed by atoms with Crippen molar-refractivity contribution in [3.05, 3.63) is 30.1 Å². The van der Waals surface area contributed by atoms with Gasteiger partial charge in [0.2, 0.25) is 0 Å². The van der Waals surface area contributed by atoms with Crippen LogP contribution in [0.4, 0.5) is 4.79 Å². The Bertz CT molecular complexity index is 478. The standard InChI is InChI=1S/C15H21N3O3/c19-14(20)13-7-2-1-5-11(13)9-17-15(21)18-10-12-6-3-4-8-16-12/h3-4,6,8,11,13H,1-2,5,7,9-10H2,(H,19,20)(H2,17,18,21). The molecule has 1 saturated carbocycles. The second-order valence-electron chi connectivity index (χ2n) is 5.37. The Morgan fingerprint density at radius 3 is 2.76 bits per heavy atom. The zero-order valence-corrected chi connectivity index (χ0v) is 11.9. The maximum absolute atomic E-state index is 11.7. The van der Waals surface area contributed by atoms with Gasteiger partial charge in [-0.05, 0) is 30.9 Å². The molecule has 0 bridgehead atoms. The molecule has 6 heteroatoms. The number of carboxylic acid groups (broad SMARTS) is 1. The smallest absolute Gasteiger partial charge is 0.315 e. The number of carbonyl (C=O) groups excluding carboxylic acids is 1. The summed E-state index contributed by atoms with van der Waals surface area (Å²) in [5, 5.41) is 14.7. The van der Waals surface area contributed by atoms with Crippen LogP contribution < -0.4 is 10.6 Å². The Morgan fingerprint density at radius 1 is 1.24 bits per heavy atom. The monoisotopic (exact) mass is 291 g/mol. The SMILES string of the molecule is O=C(NCc1ccccn1)NCC1CCCCC1C(=O)O. The molecule has 0 aromatic carbocycles. The van der Waals surface area contributed by atoms with Crippen molar-refractivity contribution in [1.29, 1.82) is 0 Å². The lowest BCUT2D eigenvalue weighted by molar-refractivity contribution is -0.144. The van der Waals surface area contributed by atoms with E-state index in [0.29, 0.717) is 19.5 Å². The van der Waals surface area contributed by atoms with Gasteiger partial charge in [-0.1, -0.05) is 18.9 Å². The molecule has 114 valence electrons. The Kier molecular flexibility index (Phi) is 5.54. The molecule has 3 N–H and O–H groups in total. The molecule has 1 aliphatic carbocycles. The number of urea groups is 1. The highest BCUT2D eigenvalue weighted by atomic mass is 16.4. The van der Waals surface area contributed by atoms with Crippen LogP contribution in [-0.4, -0.2) is 28.6 Å². The predicted molar refractivity (Wildman–Crippen MR) is 77.6 cm³/mol. The first-order valence-electron chi connectivity index (χ1n) is 7.31. The van der Waals surface area contributed by atoms with E-state index in [0.717, 1.165) is 25.0 Å². The van der Waals surface area contributed by atoms with E-state index >= 15 is 0 Å². The molecule has 2 atom stereocenters. The molecule has 1 aromatic heterocycles. The maximum Gasteiger partial charge on any atom is 0.315 e. The van der Waals surface area contributed by atoms with E-state index in [1.807, 2.05) is 18.2 Å². The third kappa shape index (κ3) is 4.73. The number of amides is 2. The van der Waals surface area contributed by atoms with Crippen molar-refractivity contribution in [3.63, 3.8) is 0 Å². The van der Waals surface area contributed by atoms with Crippen molar-refractivity contribution in [2.45, 2.75) is 32.2 Å². The van der Waals surface area contributed by atoms with Crippen molar-refractivity contribution in [2.75, 3.05) is 6.54 Å². The van der Waals surface area contributed by atoms with Gasteiger partial charge in [0, 0.05) is 12.7 Å². The molecule has 0 saturated heterocycles. The average molecular weight is 291 g/mol. The lowest BCUT2D eigenvalue weighted by Gasteiger charge is -2.28. The third-order valence-corrected chi connectivity index (χ3v) is 3.91. The summed E-state index contributed by atoms with van der Waals surface area (Å²) >= 11 is 0. The van der Waals surface area contributed by atoms with E-state index < -0.39 is 5.97 Å². The van der Waals surface area contributed by atoms with Gasteiger partial charge in [-0.15, -0.1) is 0 Å². The van der Waals surface area contributed by atoms with Gasteiger partial charge in [-0.25, -0.2) is 4.79 Å². The van der Waals surface area contributed by atoms with Crippen LogP contribution in [0.15, 0.2) is 24.4 Å². The van der Waals surface area contributed by atoms with E-state index in [4.69, 9.17) is 0 Å². The largest absolute Gasteiger partial charge is 0.481 e. The minimum atomic E-state index is -0.754. The molecule has 21 heavy (non-hydrogen) atoms. The Balaban J connectivity index is 1.74. The lowest BCUT2D eigenvalue weighted by Crippen LogP contribution is -2.41. The number of hydrogen-bond donors (Lipinski definition) is 3. The van der Waals surface area contributed by atoms with Gasteiger partial charge in [0.1, 0.15) is 0 Å². The van der Waals surface area contributed by atoms with Crippen LogP contribution in [0.5, 0.6) is 0 Å². The van der Waals surface area contributed by atoms with Gasteiger partial charge < -0.3 is 15.7 Å². The molecule has 2 unspecified atom stereocenters. The summed E-state index contributed by atoms with van der Waals surface area (Å²) in [7, 11) is 0. The van der Waals surface area contributed by atoms with Crippen LogP contribution >= 0.6 is 0 Å². The molecule has 0 spiro atoms. The van der Waals surface area contributed by atoms with E-state index in [1.165, 1.54) is 0 Å². The number of hydrogen-bond acceptors (Lipinski definition) is 3. The highest BCUT2D eigenvalue weighted by Gasteiger charge is 2.30.